The predicted octanol–water partition coefficient (Wildman–Crippen LogP) is 4.03. The molecule has 0 aromatic heterocycles. The molecule has 2 rings (SSSR count). The van der Waals surface area contributed by atoms with Crippen molar-refractivity contribution in [3.05, 3.63) is 59.9 Å². The highest BCUT2D eigenvalue weighted by molar-refractivity contribution is 5.99. The summed E-state index contributed by atoms with van der Waals surface area (Å²) in [5.74, 6) is -0.384. The molecule has 0 fully saturated rings. The first-order valence-electron chi connectivity index (χ1n) is 6.10. The van der Waals surface area contributed by atoms with Gasteiger partial charge in [0.25, 0.3) is 0 Å². The number of carbonyl (C=O) groups is 1. The summed E-state index contributed by atoms with van der Waals surface area (Å²) >= 11 is 0. The molecule has 0 aliphatic heterocycles. The second-order valence-corrected chi connectivity index (χ2v) is 4.14. The van der Waals surface area contributed by atoms with Crippen LogP contribution in [-0.2, 0) is 6.42 Å². The Labute approximate surface area is 111 Å². The smallest absolute Gasteiger partial charge is 0.308 e. The van der Waals surface area contributed by atoms with Gasteiger partial charge in [-0.3, -0.25) is 0 Å². The highest BCUT2D eigenvalue weighted by Crippen LogP contribution is 2.12. The Balaban J connectivity index is 1.97. The van der Waals surface area contributed by atoms with E-state index in [9.17, 15) is 9.18 Å². The fourth-order valence-corrected chi connectivity index (χ4v) is 1.68. The average molecular weight is 258 g/mol. The third-order valence-corrected chi connectivity index (χ3v) is 2.70. The molecule has 0 saturated carbocycles. The van der Waals surface area contributed by atoms with Crippen LogP contribution in [0.1, 0.15) is 12.5 Å². The van der Waals surface area contributed by atoms with Crippen molar-refractivity contribution in [3.8, 4) is 0 Å². The molecule has 2 aromatic carbocycles. The molecule has 2 amide bonds. The first-order valence-corrected chi connectivity index (χ1v) is 6.10. The van der Waals surface area contributed by atoms with Crippen LogP contribution in [0.4, 0.5) is 20.6 Å². The number of anilines is 2. The standard InChI is InChI=1S/C15H15FN2O/c1-2-11-6-8-13(9-7-11)17-15(19)18-14-5-3-4-12(16)10-14/h3-10H,2H2,1H3,(H2,17,18,19). The van der Waals surface area contributed by atoms with Crippen LogP contribution in [0.2, 0.25) is 0 Å². The van der Waals surface area contributed by atoms with Crippen molar-refractivity contribution in [3.63, 3.8) is 0 Å². The van der Waals surface area contributed by atoms with E-state index in [1.807, 2.05) is 24.3 Å². The molecule has 0 aliphatic carbocycles. The first kappa shape index (κ1) is 13.1. The Bertz CT molecular complexity index is 567. The number of benzene rings is 2. The number of rotatable bonds is 3. The lowest BCUT2D eigenvalue weighted by Crippen LogP contribution is -2.19. The number of nitrogens with one attached hydrogen (secondary N) is 2. The molecule has 98 valence electrons. The number of urea groups is 1. The van der Waals surface area contributed by atoms with E-state index in [1.165, 1.54) is 17.7 Å². The number of halogens is 1. The van der Waals surface area contributed by atoms with Gasteiger partial charge in [-0.1, -0.05) is 25.1 Å². The van der Waals surface area contributed by atoms with Gasteiger partial charge in [0.05, 0.1) is 0 Å². The fourth-order valence-electron chi connectivity index (χ4n) is 1.68. The summed E-state index contributed by atoms with van der Waals surface area (Å²) in [6.07, 6.45) is 0.954. The lowest BCUT2D eigenvalue weighted by Gasteiger charge is -2.08. The summed E-state index contributed by atoms with van der Waals surface area (Å²) in [5.41, 5.74) is 2.32. The van der Waals surface area contributed by atoms with Gasteiger partial charge in [-0.25, -0.2) is 9.18 Å². The van der Waals surface area contributed by atoms with Gasteiger partial charge < -0.3 is 10.6 Å². The van der Waals surface area contributed by atoms with E-state index in [-0.39, 0.29) is 5.82 Å². The van der Waals surface area contributed by atoms with Gasteiger partial charge in [-0.2, -0.15) is 0 Å². The van der Waals surface area contributed by atoms with E-state index >= 15 is 0 Å². The summed E-state index contributed by atoms with van der Waals surface area (Å²) in [7, 11) is 0. The van der Waals surface area contributed by atoms with Gasteiger partial charge in [0.1, 0.15) is 5.82 Å². The topological polar surface area (TPSA) is 41.1 Å². The predicted molar refractivity (Wildman–Crippen MR) is 74.9 cm³/mol. The van der Waals surface area contributed by atoms with Gasteiger partial charge in [-0.05, 0) is 42.3 Å². The normalized spacial score (nSPS) is 10.0. The molecule has 2 N–H and O–H groups in total. The Kier molecular flexibility index (Phi) is 4.13. The van der Waals surface area contributed by atoms with E-state index < -0.39 is 6.03 Å². The Morgan fingerprint density at radius 2 is 1.74 bits per heavy atom. The zero-order valence-electron chi connectivity index (χ0n) is 10.6. The van der Waals surface area contributed by atoms with Crippen molar-refractivity contribution >= 4 is 17.4 Å². The number of amides is 2. The van der Waals surface area contributed by atoms with Crippen LogP contribution in [0.3, 0.4) is 0 Å². The summed E-state index contributed by atoms with van der Waals surface area (Å²) in [6, 6.07) is 13.0. The summed E-state index contributed by atoms with van der Waals surface area (Å²) in [4.78, 5) is 11.7. The van der Waals surface area contributed by atoms with Crippen molar-refractivity contribution in [1.82, 2.24) is 0 Å². The first-order chi connectivity index (χ1) is 9.17. The molecule has 4 heteroatoms. The minimum absolute atomic E-state index is 0.384. The largest absolute Gasteiger partial charge is 0.323 e. The van der Waals surface area contributed by atoms with E-state index in [4.69, 9.17) is 0 Å². The lowest BCUT2D eigenvalue weighted by molar-refractivity contribution is 0.262. The third-order valence-electron chi connectivity index (χ3n) is 2.70. The van der Waals surface area contributed by atoms with Crippen LogP contribution in [-0.4, -0.2) is 6.03 Å². The molecular weight excluding hydrogens is 243 g/mol. The molecule has 0 heterocycles. The van der Waals surface area contributed by atoms with Crippen LogP contribution >= 0.6 is 0 Å². The number of hydrogen-bond acceptors (Lipinski definition) is 1. The van der Waals surface area contributed by atoms with Gasteiger partial charge >= 0.3 is 6.03 Å². The van der Waals surface area contributed by atoms with Crippen molar-refractivity contribution in [1.29, 1.82) is 0 Å². The number of carbonyl (C=O) groups excluding carboxylic acids is 1. The van der Waals surface area contributed by atoms with Crippen LogP contribution < -0.4 is 10.6 Å². The van der Waals surface area contributed by atoms with Crippen LogP contribution in [0.25, 0.3) is 0 Å². The molecule has 0 atom stereocenters. The fraction of sp³-hybridized carbons (Fsp3) is 0.133. The van der Waals surface area contributed by atoms with E-state index in [0.717, 1.165) is 6.42 Å². The Morgan fingerprint density at radius 3 is 2.37 bits per heavy atom. The SMILES string of the molecule is CCc1ccc(NC(=O)Nc2cccc(F)c2)cc1. The molecule has 3 nitrogen and oxygen atoms in total. The zero-order valence-corrected chi connectivity index (χ0v) is 10.6. The number of hydrogen-bond donors (Lipinski definition) is 2. The quantitative estimate of drug-likeness (QED) is 0.857. The molecule has 0 saturated heterocycles. The van der Waals surface area contributed by atoms with Gasteiger partial charge in [-0.15, -0.1) is 0 Å². The van der Waals surface area contributed by atoms with Crippen LogP contribution in [0, 0.1) is 5.82 Å². The maximum absolute atomic E-state index is 13.0. The molecule has 0 aliphatic rings. The zero-order chi connectivity index (χ0) is 13.7. The third kappa shape index (κ3) is 3.81. The molecule has 19 heavy (non-hydrogen) atoms. The lowest BCUT2D eigenvalue weighted by atomic mass is 10.1. The minimum Gasteiger partial charge on any atom is -0.308 e. The van der Waals surface area contributed by atoms with Gasteiger partial charge in [0, 0.05) is 11.4 Å². The second kappa shape index (κ2) is 6.00. The highest BCUT2D eigenvalue weighted by atomic mass is 19.1. The summed E-state index contributed by atoms with van der Waals surface area (Å²) < 4.78 is 13.0. The van der Waals surface area contributed by atoms with Crippen LogP contribution in [0.15, 0.2) is 48.5 Å². The summed E-state index contributed by atoms with van der Waals surface area (Å²) in [5, 5.41) is 5.26. The van der Waals surface area contributed by atoms with Gasteiger partial charge in [0.2, 0.25) is 0 Å². The van der Waals surface area contributed by atoms with E-state index in [0.29, 0.717) is 11.4 Å². The maximum Gasteiger partial charge on any atom is 0.323 e. The molecule has 0 radical (unpaired) electrons. The maximum atomic E-state index is 13.0. The van der Waals surface area contributed by atoms with Crippen molar-refractivity contribution in [2.45, 2.75) is 13.3 Å². The Hall–Kier alpha value is -2.36. The highest BCUT2D eigenvalue weighted by Gasteiger charge is 2.03. The molecule has 2 aromatic rings. The van der Waals surface area contributed by atoms with Crippen molar-refractivity contribution < 1.29 is 9.18 Å². The van der Waals surface area contributed by atoms with Gasteiger partial charge in [0.15, 0.2) is 0 Å². The molecule has 0 spiro atoms. The second-order valence-electron chi connectivity index (χ2n) is 4.14. The molecule has 0 unspecified atom stereocenters. The summed E-state index contributed by atoms with van der Waals surface area (Å²) in [6.45, 7) is 2.07. The van der Waals surface area contributed by atoms with Crippen molar-refractivity contribution in [2.24, 2.45) is 0 Å². The van der Waals surface area contributed by atoms with E-state index in [2.05, 4.69) is 17.6 Å². The molecular formula is C15H15FN2O. The Morgan fingerprint density at radius 1 is 1.05 bits per heavy atom. The average Bonchev–Trinajstić information content (AvgIpc) is 2.39. The van der Waals surface area contributed by atoms with Crippen molar-refractivity contribution in [2.75, 3.05) is 10.6 Å². The number of aryl methyl sites for hydroxylation is 1. The molecule has 0 bridgehead atoms. The van der Waals surface area contributed by atoms with Crippen LogP contribution in [0.5, 0.6) is 0 Å². The minimum atomic E-state index is -0.394. The van der Waals surface area contributed by atoms with E-state index in [1.54, 1.807) is 12.1 Å². The monoisotopic (exact) mass is 258 g/mol.